The highest BCUT2D eigenvalue weighted by Crippen LogP contribution is 2.26. The second-order valence-corrected chi connectivity index (χ2v) is 2.98. The fourth-order valence-electron chi connectivity index (χ4n) is 1.10. The number of alkyl halides is 3. The van der Waals surface area contributed by atoms with Gasteiger partial charge in [-0.1, -0.05) is 12.2 Å². The molecule has 6 heteroatoms. The molecule has 0 radical (unpaired) electrons. The van der Waals surface area contributed by atoms with Crippen LogP contribution in [0.4, 0.5) is 18.9 Å². The molecule has 0 spiro atoms. The number of anilines is 1. The summed E-state index contributed by atoms with van der Waals surface area (Å²) in [5, 5.41) is 0. The Hall–Kier alpha value is -1.69. The van der Waals surface area contributed by atoms with Crippen molar-refractivity contribution in [2.24, 2.45) is 5.73 Å². The van der Waals surface area contributed by atoms with Gasteiger partial charge in [0.15, 0.2) is 0 Å². The van der Waals surface area contributed by atoms with Gasteiger partial charge in [0, 0.05) is 18.3 Å². The summed E-state index contributed by atoms with van der Waals surface area (Å²) >= 11 is 0. The maximum absolute atomic E-state index is 11.9. The van der Waals surface area contributed by atoms with Gasteiger partial charge >= 0.3 is 6.36 Å². The molecule has 0 aromatic heterocycles. The molecule has 0 amide bonds. The second kappa shape index (κ2) is 4.89. The summed E-state index contributed by atoms with van der Waals surface area (Å²) in [6.07, 6.45) is -1.43. The van der Waals surface area contributed by atoms with Crippen molar-refractivity contribution in [2.75, 3.05) is 12.3 Å². The summed E-state index contributed by atoms with van der Waals surface area (Å²) in [6, 6.07) is 3.74. The zero-order chi connectivity index (χ0) is 12.2. The van der Waals surface area contributed by atoms with E-state index in [-0.39, 0.29) is 11.4 Å². The van der Waals surface area contributed by atoms with Gasteiger partial charge in [-0.15, -0.1) is 13.2 Å². The minimum absolute atomic E-state index is 0.200. The van der Waals surface area contributed by atoms with Crippen LogP contribution in [0, 0.1) is 0 Å². The predicted octanol–water partition coefficient (Wildman–Crippen LogP) is 2.14. The summed E-state index contributed by atoms with van der Waals surface area (Å²) in [5.74, 6) is -0.338. The first-order valence-corrected chi connectivity index (χ1v) is 4.44. The maximum atomic E-state index is 11.9. The van der Waals surface area contributed by atoms with E-state index in [1.165, 1.54) is 12.1 Å². The van der Waals surface area contributed by atoms with Gasteiger partial charge in [0.1, 0.15) is 5.75 Å². The molecule has 0 atom stereocenters. The van der Waals surface area contributed by atoms with Crippen LogP contribution in [-0.4, -0.2) is 12.9 Å². The number of rotatable bonds is 3. The van der Waals surface area contributed by atoms with Crippen LogP contribution in [0.5, 0.6) is 5.75 Å². The number of nitrogen functional groups attached to an aromatic ring is 1. The summed E-state index contributed by atoms with van der Waals surface area (Å²) in [7, 11) is 0. The molecule has 1 rings (SSSR count). The van der Waals surface area contributed by atoms with Gasteiger partial charge in [-0.05, 0) is 17.7 Å². The molecule has 0 aliphatic carbocycles. The van der Waals surface area contributed by atoms with Crippen LogP contribution in [0.2, 0.25) is 0 Å². The van der Waals surface area contributed by atoms with Gasteiger partial charge in [0.25, 0.3) is 0 Å². The van der Waals surface area contributed by atoms with E-state index in [1.54, 1.807) is 12.2 Å². The van der Waals surface area contributed by atoms with E-state index in [2.05, 4.69) is 4.74 Å². The van der Waals surface area contributed by atoms with Gasteiger partial charge in [0.05, 0.1) is 0 Å². The summed E-state index contributed by atoms with van der Waals surface area (Å²) < 4.78 is 39.4. The van der Waals surface area contributed by atoms with Crippen molar-refractivity contribution in [1.29, 1.82) is 0 Å². The third-order valence-corrected chi connectivity index (χ3v) is 1.73. The molecule has 3 nitrogen and oxygen atoms in total. The van der Waals surface area contributed by atoms with E-state index < -0.39 is 6.36 Å². The minimum Gasteiger partial charge on any atom is -0.406 e. The Kier molecular flexibility index (Phi) is 3.78. The van der Waals surface area contributed by atoms with Crippen LogP contribution in [0.3, 0.4) is 0 Å². The van der Waals surface area contributed by atoms with Crippen molar-refractivity contribution in [3.05, 3.63) is 29.8 Å². The van der Waals surface area contributed by atoms with E-state index in [9.17, 15) is 13.2 Å². The Balaban J connectivity index is 2.87. The SMILES string of the molecule is NCC=Cc1ccc(OC(F)(F)F)cc1N. The zero-order valence-electron chi connectivity index (χ0n) is 8.29. The molecule has 0 aliphatic heterocycles. The highest BCUT2D eigenvalue weighted by molar-refractivity contribution is 5.66. The number of nitrogens with two attached hydrogens (primary N) is 2. The zero-order valence-corrected chi connectivity index (χ0v) is 8.29. The van der Waals surface area contributed by atoms with Crippen molar-refractivity contribution in [3.8, 4) is 5.75 Å². The number of hydrogen-bond acceptors (Lipinski definition) is 3. The lowest BCUT2D eigenvalue weighted by Gasteiger charge is -2.10. The molecule has 0 aliphatic rings. The minimum atomic E-state index is -4.71. The molecule has 1 aromatic carbocycles. The van der Waals surface area contributed by atoms with Gasteiger partial charge in [0.2, 0.25) is 0 Å². The largest absolute Gasteiger partial charge is 0.573 e. The molecular weight excluding hydrogens is 221 g/mol. The third-order valence-electron chi connectivity index (χ3n) is 1.73. The van der Waals surface area contributed by atoms with Crippen LogP contribution >= 0.6 is 0 Å². The Labute approximate surface area is 90.5 Å². The smallest absolute Gasteiger partial charge is 0.406 e. The molecule has 0 heterocycles. The molecule has 0 unspecified atom stereocenters. The molecule has 0 saturated carbocycles. The maximum Gasteiger partial charge on any atom is 0.573 e. The number of hydrogen-bond donors (Lipinski definition) is 2. The molecule has 16 heavy (non-hydrogen) atoms. The Morgan fingerprint density at radius 3 is 2.50 bits per heavy atom. The van der Waals surface area contributed by atoms with Crippen molar-refractivity contribution in [1.82, 2.24) is 0 Å². The van der Waals surface area contributed by atoms with E-state index in [1.807, 2.05) is 0 Å². The molecule has 0 fully saturated rings. The average Bonchev–Trinajstić information content (AvgIpc) is 2.14. The topological polar surface area (TPSA) is 61.3 Å². The highest BCUT2D eigenvalue weighted by Gasteiger charge is 2.31. The molecular formula is C10H11F3N2O. The van der Waals surface area contributed by atoms with Crippen LogP contribution < -0.4 is 16.2 Å². The highest BCUT2D eigenvalue weighted by atomic mass is 19.4. The van der Waals surface area contributed by atoms with Gasteiger partial charge in [-0.3, -0.25) is 0 Å². The second-order valence-electron chi connectivity index (χ2n) is 2.98. The van der Waals surface area contributed by atoms with E-state index in [4.69, 9.17) is 11.5 Å². The predicted molar refractivity (Wildman–Crippen MR) is 55.6 cm³/mol. The van der Waals surface area contributed by atoms with Crippen LogP contribution in [-0.2, 0) is 0 Å². The third kappa shape index (κ3) is 3.82. The summed E-state index contributed by atoms with van der Waals surface area (Å²) in [5.41, 5.74) is 11.6. The standard InChI is InChI=1S/C10H11F3N2O/c11-10(12,13)16-8-4-3-7(2-1-5-14)9(15)6-8/h1-4,6H,5,14-15H2. The van der Waals surface area contributed by atoms with Crippen molar-refractivity contribution in [2.45, 2.75) is 6.36 Å². The Bertz CT molecular complexity index is 388. The van der Waals surface area contributed by atoms with Crippen LogP contribution in [0.1, 0.15) is 5.56 Å². The van der Waals surface area contributed by atoms with Crippen molar-refractivity contribution >= 4 is 11.8 Å². The lowest BCUT2D eigenvalue weighted by molar-refractivity contribution is -0.274. The fourth-order valence-corrected chi connectivity index (χ4v) is 1.10. The Morgan fingerprint density at radius 1 is 1.31 bits per heavy atom. The van der Waals surface area contributed by atoms with Crippen molar-refractivity contribution < 1.29 is 17.9 Å². The molecule has 1 aromatic rings. The molecule has 88 valence electrons. The first kappa shape index (κ1) is 12.4. The number of ether oxygens (including phenoxy) is 1. The Morgan fingerprint density at radius 2 is 2.00 bits per heavy atom. The van der Waals surface area contributed by atoms with Crippen LogP contribution in [0.25, 0.3) is 6.08 Å². The number of benzene rings is 1. The lowest BCUT2D eigenvalue weighted by Crippen LogP contribution is -2.17. The first-order chi connectivity index (χ1) is 7.42. The van der Waals surface area contributed by atoms with Gasteiger partial charge in [-0.2, -0.15) is 0 Å². The van der Waals surface area contributed by atoms with Crippen LogP contribution in [0.15, 0.2) is 24.3 Å². The monoisotopic (exact) mass is 232 g/mol. The van der Waals surface area contributed by atoms with E-state index in [0.29, 0.717) is 12.1 Å². The number of halogens is 3. The summed E-state index contributed by atoms with van der Waals surface area (Å²) in [6.45, 7) is 0.334. The molecule has 0 bridgehead atoms. The van der Waals surface area contributed by atoms with E-state index >= 15 is 0 Å². The average molecular weight is 232 g/mol. The van der Waals surface area contributed by atoms with Gasteiger partial charge < -0.3 is 16.2 Å². The molecule has 0 saturated heterocycles. The van der Waals surface area contributed by atoms with Crippen molar-refractivity contribution in [3.63, 3.8) is 0 Å². The van der Waals surface area contributed by atoms with E-state index in [0.717, 1.165) is 6.07 Å². The summed E-state index contributed by atoms with van der Waals surface area (Å²) in [4.78, 5) is 0. The molecule has 4 N–H and O–H groups in total. The normalized spacial score (nSPS) is 12.0. The quantitative estimate of drug-likeness (QED) is 0.785. The first-order valence-electron chi connectivity index (χ1n) is 4.44. The lowest BCUT2D eigenvalue weighted by atomic mass is 10.1. The fraction of sp³-hybridized carbons (Fsp3) is 0.200. The van der Waals surface area contributed by atoms with Gasteiger partial charge in [-0.25, -0.2) is 0 Å².